The highest BCUT2D eigenvalue weighted by molar-refractivity contribution is 6.41. The lowest BCUT2D eigenvalue weighted by Gasteiger charge is -2.24. The van der Waals surface area contributed by atoms with Crippen molar-refractivity contribution in [3.8, 4) is 0 Å². The van der Waals surface area contributed by atoms with E-state index in [4.69, 9.17) is 28.3 Å². The summed E-state index contributed by atoms with van der Waals surface area (Å²) in [5.74, 6) is -1.52. The van der Waals surface area contributed by atoms with E-state index in [0.29, 0.717) is 0 Å². The van der Waals surface area contributed by atoms with E-state index in [9.17, 15) is 9.59 Å². The van der Waals surface area contributed by atoms with Gasteiger partial charge in [-0.25, -0.2) is 4.98 Å². The number of aliphatic carboxylic acids is 1. The molecule has 0 radical (unpaired) electrons. The molecule has 0 saturated heterocycles. The average Bonchev–Trinajstić information content (AvgIpc) is 2.28. The van der Waals surface area contributed by atoms with Crippen LogP contribution in [0.15, 0.2) is 12.3 Å². The molecule has 0 spiro atoms. The monoisotopic (exact) mass is 290 g/mol. The molecule has 1 aromatic heterocycles. The van der Waals surface area contributed by atoms with Crippen molar-refractivity contribution < 1.29 is 14.7 Å². The fourth-order valence-corrected chi connectivity index (χ4v) is 1.61. The van der Waals surface area contributed by atoms with Crippen molar-refractivity contribution in [2.45, 2.75) is 19.9 Å². The first kappa shape index (κ1) is 14.7. The van der Waals surface area contributed by atoms with Crippen LogP contribution in [0.1, 0.15) is 24.2 Å². The molecule has 0 bridgehead atoms. The van der Waals surface area contributed by atoms with Gasteiger partial charge in [-0.15, -0.1) is 0 Å². The Labute approximate surface area is 114 Å². The molecule has 1 heterocycles. The summed E-state index contributed by atoms with van der Waals surface area (Å²) in [6.07, 6.45) is 1.27. The van der Waals surface area contributed by atoms with E-state index in [1.54, 1.807) is 13.8 Å². The van der Waals surface area contributed by atoms with E-state index in [0.717, 1.165) is 0 Å². The summed E-state index contributed by atoms with van der Waals surface area (Å²) < 4.78 is 0. The highest BCUT2D eigenvalue weighted by Gasteiger charge is 2.22. The summed E-state index contributed by atoms with van der Waals surface area (Å²) in [5.41, 5.74) is 0.208. The second-order valence-electron chi connectivity index (χ2n) is 3.92. The van der Waals surface area contributed by atoms with Crippen molar-refractivity contribution >= 4 is 35.1 Å². The second-order valence-corrected chi connectivity index (χ2v) is 4.68. The van der Waals surface area contributed by atoms with E-state index in [1.807, 2.05) is 0 Å². The fraction of sp³-hybridized carbons (Fsp3) is 0.364. The van der Waals surface area contributed by atoms with Gasteiger partial charge in [-0.1, -0.05) is 23.2 Å². The number of halogens is 2. The highest BCUT2D eigenvalue weighted by Crippen LogP contribution is 2.20. The molecule has 0 unspecified atom stereocenters. The maximum absolute atomic E-state index is 12.1. The van der Waals surface area contributed by atoms with Crippen LogP contribution in [0.4, 0.5) is 0 Å². The third-order valence-corrected chi connectivity index (χ3v) is 2.92. The smallest absolute Gasteiger partial charge is 0.323 e. The lowest BCUT2D eigenvalue weighted by atomic mass is 10.2. The fourth-order valence-electron chi connectivity index (χ4n) is 1.34. The standard InChI is InChI=1S/C11H12Cl2N2O3/c1-6(2)15(5-9(16)17)11(18)7-3-8(12)10(13)14-4-7/h3-4,6H,5H2,1-2H3,(H,16,17). The molecule has 0 aromatic carbocycles. The SMILES string of the molecule is CC(C)N(CC(=O)O)C(=O)c1cnc(Cl)c(Cl)c1. The number of hydrogen-bond acceptors (Lipinski definition) is 3. The summed E-state index contributed by atoms with van der Waals surface area (Å²) in [6, 6.07) is 1.12. The zero-order valence-electron chi connectivity index (χ0n) is 9.85. The molecule has 98 valence electrons. The van der Waals surface area contributed by atoms with Gasteiger partial charge in [0.25, 0.3) is 5.91 Å². The average molecular weight is 291 g/mol. The summed E-state index contributed by atoms with van der Waals surface area (Å²) >= 11 is 11.4. The highest BCUT2D eigenvalue weighted by atomic mass is 35.5. The van der Waals surface area contributed by atoms with Crippen molar-refractivity contribution in [3.63, 3.8) is 0 Å². The van der Waals surface area contributed by atoms with Gasteiger partial charge in [-0.2, -0.15) is 0 Å². The molecule has 0 aliphatic rings. The Hall–Kier alpha value is -1.33. The van der Waals surface area contributed by atoms with Crippen LogP contribution >= 0.6 is 23.2 Å². The van der Waals surface area contributed by atoms with Crippen LogP contribution in [0.3, 0.4) is 0 Å². The van der Waals surface area contributed by atoms with Gasteiger partial charge in [0, 0.05) is 12.2 Å². The molecule has 0 saturated carbocycles. The quantitative estimate of drug-likeness (QED) is 0.864. The Bertz CT molecular complexity index is 477. The molecule has 1 rings (SSSR count). The van der Waals surface area contributed by atoms with Gasteiger partial charge < -0.3 is 10.0 Å². The van der Waals surface area contributed by atoms with Crippen LogP contribution in [0.5, 0.6) is 0 Å². The maximum atomic E-state index is 12.1. The van der Waals surface area contributed by atoms with Crippen LogP contribution in [-0.4, -0.2) is 39.5 Å². The molecule has 1 aromatic rings. The van der Waals surface area contributed by atoms with Crippen molar-refractivity contribution in [1.82, 2.24) is 9.88 Å². The summed E-state index contributed by atoms with van der Waals surface area (Å²) in [5, 5.41) is 9.02. The predicted octanol–water partition coefficient (Wildman–Crippen LogP) is 2.32. The number of rotatable bonds is 4. The number of hydrogen-bond donors (Lipinski definition) is 1. The first-order chi connectivity index (χ1) is 8.32. The Morgan fingerprint density at radius 2 is 2.06 bits per heavy atom. The number of carbonyl (C=O) groups is 2. The van der Waals surface area contributed by atoms with E-state index >= 15 is 0 Å². The lowest BCUT2D eigenvalue weighted by molar-refractivity contribution is -0.138. The Balaban J connectivity index is 3.02. The van der Waals surface area contributed by atoms with Crippen LogP contribution in [0.2, 0.25) is 10.2 Å². The number of carboxylic acids is 1. The second kappa shape index (κ2) is 6.02. The van der Waals surface area contributed by atoms with Gasteiger partial charge in [-0.3, -0.25) is 9.59 Å². The van der Waals surface area contributed by atoms with Gasteiger partial charge in [-0.05, 0) is 19.9 Å². The minimum absolute atomic E-state index is 0.0996. The molecule has 5 nitrogen and oxygen atoms in total. The van der Waals surface area contributed by atoms with Crippen molar-refractivity contribution in [2.24, 2.45) is 0 Å². The number of amides is 1. The zero-order chi connectivity index (χ0) is 13.9. The number of nitrogens with zero attached hydrogens (tertiary/aromatic N) is 2. The summed E-state index contributed by atoms with van der Waals surface area (Å²) in [7, 11) is 0. The first-order valence-electron chi connectivity index (χ1n) is 5.16. The van der Waals surface area contributed by atoms with Crippen LogP contribution in [0, 0.1) is 0 Å². The molecule has 18 heavy (non-hydrogen) atoms. The van der Waals surface area contributed by atoms with Gasteiger partial charge in [0.15, 0.2) is 0 Å². The minimum atomic E-state index is -1.08. The molecule has 0 aliphatic heterocycles. The predicted molar refractivity (Wildman–Crippen MR) is 68.1 cm³/mol. The normalized spacial score (nSPS) is 10.5. The number of pyridine rings is 1. The Morgan fingerprint density at radius 1 is 1.44 bits per heavy atom. The molecule has 0 fully saturated rings. The minimum Gasteiger partial charge on any atom is -0.480 e. The molecule has 1 N–H and O–H groups in total. The molecule has 1 amide bonds. The molecule has 0 atom stereocenters. The van der Waals surface area contributed by atoms with E-state index in [2.05, 4.69) is 4.98 Å². The lowest BCUT2D eigenvalue weighted by Crippen LogP contribution is -2.40. The molecular formula is C11H12Cl2N2O3. The van der Waals surface area contributed by atoms with E-state index < -0.39 is 11.9 Å². The largest absolute Gasteiger partial charge is 0.480 e. The van der Waals surface area contributed by atoms with Crippen LogP contribution < -0.4 is 0 Å². The molecule has 0 aliphatic carbocycles. The van der Waals surface area contributed by atoms with Gasteiger partial charge in [0.05, 0.1) is 10.6 Å². The van der Waals surface area contributed by atoms with E-state index in [1.165, 1.54) is 17.2 Å². The van der Waals surface area contributed by atoms with Crippen LogP contribution in [-0.2, 0) is 4.79 Å². The third-order valence-electron chi connectivity index (χ3n) is 2.23. The van der Waals surface area contributed by atoms with Crippen LogP contribution in [0.25, 0.3) is 0 Å². The van der Waals surface area contributed by atoms with Gasteiger partial charge >= 0.3 is 5.97 Å². The third kappa shape index (κ3) is 3.58. The number of aromatic nitrogens is 1. The maximum Gasteiger partial charge on any atom is 0.323 e. The zero-order valence-corrected chi connectivity index (χ0v) is 11.4. The topological polar surface area (TPSA) is 70.5 Å². The summed E-state index contributed by atoms with van der Waals surface area (Å²) in [6.45, 7) is 3.08. The Morgan fingerprint density at radius 3 is 2.50 bits per heavy atom. The molecule has 7 heteroatoms. The number of carbonyl (C=O) groups excluding carboxylic acids is 1. The number of carboxylic acid groups (broad SMARTS) is 1. The van der Waals surface area contributed by atoms with E-state index in [-0.39, 0.29) is 28.3 Å². The van der Waals surface area contributed by atoms with Crippen molar-refractivity contribution in [1.29, 1.82) is 0 Å². The van der Waals surface area contributed by atoms with Crippen molar-refractivity contribution in [2.75, 3.05) is 6.54 Å². The molecular weight excluding hydrogens is 279 g/mol. The summed E-state index contributed by atoms with van der Waals surface area (Å²) in [4.78, 5) is 27.8. The Kier molecular flexibility index (Phi) is 4.93. The van der Waals surface area contributed by atoms with Crippen molar-refractivity contribution in [3.05, 3.63) is 28.0 Å². The first-order valence-corrected chi connectivity index (χ1v) is 5.92. The van der Waals surface area contributed by atoms with Gasteiger partial charge in [0.2, 0.25) is 0 Å². The van der Waals surface area contributed by atoms with Gasteiger partial charge in [0.1, 0.15) is 11.7 Å².